The van der Waals surface area contributed by atoms with Gasteiger partial charge >= 0.3 is 0 Å². The predicted octanol–water partition coefficient (Wildman–Crippen LogP) is 4.88. The summed E-state index contributed by atoms with van der Waals surface area (Å²) in [5.74, 6) is 0.762. The van der Waals surface area contributed by atoms with Gasteiger partial charge in [-0.15, -0.1) is 0 Å². The molecule has 0 atom stereocenters. The molecule has 0 saturated heterocycles. The van der Waals surface area contributed by atoms with Crippen molar-refractivity contribution in [1.29, 1.82) is 0 Å². The summed E-state index contributed by atoms with van der Waals surface area (Å²) in [7, 11) is 0. The van der Waals surface area contributed by atoms with Crippen LogP contribution in [0.5, 0.6) is 0 Å². The van der Waals surface area contributed by atoms with Gasteiger partial charge in [-0.05, 0) is 42.3 Å². The van der Waals surface area contributed by atoms with Crippen LogP contribution in [0.3, 0.4) is 0 Å². The normalized spacial score (nSPS) is 13.0. The molecule has 1 aliphatic heterocycles. The molecule has 6 heteroatoms. The molecule has 24 heavy (non-hydrogen) atoms. The van der Waals surface area contributed by atoms with Crippen molar-refractivity contribution in [3.63, 3.8) is 0 Å². The van der Waals surface area contributed by atoms with Gasteiger partial charge in [-0.3, -0.25) is 0 Å². The van der Waals surface area contributed by atoms with Crippen LogP contribution in [0.1, 0.15) is 16.8 Å². The molecule has 2 heterocycles. The lowest BCUT2D eigenvalue weighted by Gasteiger charge is -2.07. The zero-order chi connectivity index (χ0) is 16.7. The fraction of sp³-hybridized carbons (Fsp3) is 0.167. The monoisotopic (exact) mass is 361 g/mol. The van der Waals surface area contributed by atoms with Crippen molar-refractivity contribution in [3.05, 3.63) is 75.1 Å². The highest BCUT2D eigenvalue weighted by atomic mass is 35.5. The number of benzene rings is 2. The van der Waals surface area contributed by atoms with Crippen molar-refractivity contribution in [3.8, 4) is 5.69 Å². The maximum Gasteiger partial charge on any atom is 0.133 e. The zero-order valence-corrected chi connectivity index (χ0v) is 14.2. The van der Waals surface area contributed by atoms with Crippen LogP contribution in [0.4, 0.5) is 10.2 Å². The van der Waals surface area contributed by atoms with Crippen LogP contribution in [-0.4, -0.2) is 16.3 Å². The number of nitrogens with one attached hydrogen (secondary N) is 1. The lowest BCUT2D eigenvalue weighted by molar-refractivity contribution is 0.627. The summed E-state index contributed by atoms with van der Waals surface area (Å²) in [6, 6.07) is 12.0. The van der Waals surface area contributed by atoms with Gasteiger partial charge in [0.15, 0.2) is 0 Å². The summed E-state index contributed by atoms with van der Waals surface area (Å²) in [5.41, 5.74) is 4.09. The summed E-state index contributed by atoms with van der Waals surface area (Å²) in [4.78, 5) is 0. The van der Waals surface area contributed by atoms with Gasteiger partial charge in [-0.25, -0.2) is 9.07 Å². The summed E-state index contributed by atoms with van der Waals surface area (Å²) >= 11 is 12.1. The van der Waals surface area contributed by atoms with Crippen LogP contribution in [0, 0.1) is 5.82 Å². The molecule has 3 aromatic rings. The lowest BCUT2D eigenvalue weighted by atomic mass is 10.1. The highest BCUT2D eigenvalue weighted by Crippen LogP contribution is 2.32. The molecule has 1 N–H and O–H groups in total. The standard InChI is InChI=1S/C18H14Cl2FN3/c19-15-6-5-13(10-16(15)20)24-18-14(7-8-22-18)17(23-24)9-11-1-3-12(21)4-2-11/h1-6,10,22H,7-9H2. The van der Waals surface area contributed by atoms with E-state index in [1.807, 2.05) is 10.7 Å². The number of rotatable bonds is 3. The molecule has 0 spiro atoms. The number of halogens is 3. The fourth-order valence-electron chi connectivity index (χ4n) is 2.99. The van der Waals surface area contributed by atoms with E-state index in [9.17, 15) is 4.39 Å². The lowest BCUT2D eigenvalue weighted by Crippen LogP contribution is -2.05. The largest absolute Gasteiger partial charge is 0.369 e. The number of hydrogen-bond donors (Lipinski definition) is 1. The average Bonchev–Trinajstić information content (AvgIpc) is 3.16. The highest BCUT2D eigenvalue weighted by molar-refractivity contribution is 6.42. The molecule has 4 rings (SSSR count). The summed E-state index contributed by atoms with van der Waals surface area (Å²) in [6.07, 6.45) is 1.59. The van der Waals surface area contributed by atoms with Gasteiger partial charge in [0.2, 0.25) is 0 Å². The second-order valence-electron chi connectivity index (χ2n) is 5.76. The molecule has 122 valence electrons. The number of anilines is 1. The quantitative estimate of drug-likeness (QED) is 0.720. The minimum atomic E-state index is -0.230. The first kappa shape index (κ1) is 15.5. The van der Waals surface area contributed by atoms with E-state index in [1.165, 1.54) is 17.7 Å². The van der Waals surface area contributed by atoms with Crippen LogP contribution in [0.25, 0.3) is 5.69 Å². The SMILES string of the molecule is Fc1ccc(Cc2nn(-c3ccc(Cl)c(Cl)c3)c3c2CCN3)cc1. The molecule has 3 nitrogen and oxygen atoms in total. The Labute approximate surface area is 149 Å². The first-order chi connectivity index (χ1) is 11.6. The van der Waals surface area contributed by atoms with E-state index in [4.69, 9.17) is 28.3 Å². The second-order valence-corrected chi connectivity index (χ2v) is 6.58. The minimum absolute atomic E-state index is 0.230. The molecule has 0 aliphatic carbocycles. The van der Waals surface area contributed by atoms with Gasteiger partial charge in [-0.1, -0.05) is 35.3 Å². The Morgan fingerprint density at radius 1 is 1.08 bits per heavy atom. The van der Waals surface area contributed by atoms with Crippen molar-refractivity contribution in [1.82, 2.24) is 9.78 Å². The maximum absolute atomic E-state index is 13.1. The van der Waals surface area contributed by atoms with E-state index in [1.54, 1.807) is 24.3 Å². The summed E-state index contributed by atoms with van der Waals surface area (Å²) in [6.45, 7) is 0.880. The van der Waals surface area contributed by atoms with Crippen molar-refractivity contribution in [2.24, 2.45) is 0 Å². The second kappa shape index (κ2) is 6.11. The van der Waals surface area contributed by atoms with Gasteiger partial charge < -0.3 is 5.32 Å². The molecule has 1 aliphatic rings. The molecule has 1 aromatic heterocycles. The average molecular weight is 362 g/mol. The van der Waals surface area contributed by atoms with Gasteiger partial charge in [0.1, 0.15) is 11.6 Å². The number of nitrogens with zero attached hydrogens (tertiary/aromatic N) is 2. The molecular formula is C18H14Cl2FN3. The van der Waals surface area contributed by atoms with E-state index < -0.39 is 0 Å². The van der Waals surface area contributed by atoms with Crippen LogP contribution in [0.15, 0.2) is 42.5 Å². The molecular weight excluding hydrogens is 348 g/mol. The Kier molecular flexibility index (Phi) is 3.94. The first-order valence-corrected chi connectivity index (χ1v) is 8.42. The summed E-state index contributed by atoms with van der Waals surface area (Å²) in [5, 5.41) is 9.14. The Balaban J connectivity index is 1.74. The topological polar surface area (TPSA) is 29.9 Å². The smallest absolute Gasteiger partial charge is 0.133 e. The van der Waals surface area contributed by atoms with Gasteiger partial charge in [0.25, 0.3) is 0 Å². The van der Waals surface area contributed by atoms with E-state index in [0.717, 1.165) is 35.7 Å². The van der Waals surface area contributed by atoms with E-state index in [2.05, 4.69) is 5.32 Å². The van der Waals surface area contributed by atoms with Crippen LogP contribution in [0.2, 0.25) is 10.0 Å². The van der Waals surface area contributed by atoms with Gasteiger partial charge in [0, 0.05) is 18.5 Å². The fourth-order valence-corrected chi connectivity index (χ4v) is 3.28. The van der Waals surface area contributed by atoms with Crippen molar-refractivity contribution >= 4 is 29.0 Å². The number of hydrogen-bond acceptors (Lipinski definition) is 2. The Morgan fingerprint density at radius 3 is 2.62 bits per heavy atom. The van der Waals surface area contributed by atoms with Crippen LogP contribution in [-0.2, 0) is 12.8 Å². The maximum atomic E-state index is 13.1. The Bertz CT molecular complexity index is 903. The Morgan fingerprint density at radius 2 is 1.88 bits per heavy atom. The van der Waals surface area contributed by atoms with E-state index in [-0.39, 0.29) is 5.82 Å². The van der Waals surface area contributed by atoms with Crippen molar-refractivity contribution in [2.45, 2.75) is 12.8 Å². The first-order valence-electron chi connectivity index (χ1n) is 7.66. The number of fused-ring (bicyclic) bond motifs is 1. The van der Waals surface area contributed by atoms with E-state index >= 15 is 0 Å². The third-order valence-corrected chi connectivity index (χ3v) is 4.91. The molecule has 0 saturated carbocycles. The van der Waals surface area contributed by atoms with Gasteiger partial charge in [-0.2, -0.15) is 5.10 Å². The van der Waals surface area contributed by atoms with Crippen molar-refractivity contribution in [2.75, 3.05) is 11.9 Å². The molecule has 0 amide bonds. The third kappa shape index (κ3) is 2.76. The highest BCUT2D eigenvalue weighted by Gasteiger charge is 2.23. The van der Waals surface area contributed by atoms with Gasteiger partial charge in [0.05, 0.1) is 21.4 Å². The molecule has 2 aromatic carbocycles. The number of aromatic nitrogens is 2. The molecule has 0 radical (unpaired) electrons. The minimum Gasteiger partial charge on any atom is -0.369 e. The molecule has 0 fully saturated rings. The van der Waals surface area contributed by atoms with Crippen LogP contribution < -0.4 is 5.32 Å². The van der Waals surface area contributed by atoms with Crippen molar-refractivity contribution < 1.29 is 4.39 Å². The Hall–Kier alpha value is -2.04. The molecule has 0 bridgehead atoms. The third-order valence-electron chi connectivity index (χ3n) is 4.17. The summed E-state index contributed by atoms with van der Waals surface area (Å²) < 4.78 is 15.0. The zero-order valence-electron chi connectivity index (χ0n) is 12.7. The van der Waals surface area contributed by atoms with Crippen LogP contribution >= 0.6 is 23.2 Å². The predicted molar refractivity (Wildman–Crippen MR) is 95.0 cm³/mol. The molecule has 0 unspecified atom stereocenters. The van der Waals surface area contributed by atoms with E-state index in [0.29, 0.717) is 16.5 Å².